The third kappa shape index (κ3) is 3.91. The Kier molecular flexibility index (Phi) is 4.57. The van der Waals surface area contributed by atoms with E-state index < -0.39 is 10.0 Å². The van der Waals surface area contributed by atoms with Crippen molar-refractivity contribution in [1.82, 2.24) is 9.97 Å². The van der Waals surface area contributed by atoms with Gasteiger partial charge in [0.15, 0.2) is 5.15 Å². The molecule has 0 aliphatic heterocycles. The van der Waals surface area contributed by atoms with Crippen molar-refractivity contribution >= 4 is 27.3 Å². The first-order valence-electron chi connectivity index (χ1n) is 5.98. The summed E-state index contributed by atoms with van der Waals surface area (Å²) in [6.07, 6.45) is 5.22. The summed E-state index contributed by atoms with van der Waals surface area (Å²) < 4.78 is 26.6. The fourth-order valence-electron chi connectivity index (χ4n) is 1.66. The predicted octanol–water partition coefficient (Wildman–Crippen LogP) is 2.42. The van der Waals surface area contributed by atoms with Crippen LogP contribution >= 0.6 is 11.6 Å². The van der Waals surface area contributed by atoms with Crippen LogP contribution in [-0.2, 0) is 16.4 Å². The minimum atomic E-state index is -3.47. The van der Waals surface area contributed by atoms with Gasteiger partial charge in [-0.05, 0) is 42.7 Å². The Morgan fingerprint density at radius 1 is 1.20 bits per heavy atom. The second-order valence-electron chi connectivity index (χ2n) is 4.32. The lowest BCUT2D eigenvalue weighted by Crippen LogP contribution is -2.19. The van der Waals surface area contributed by atoms with E-state index in [-0.39, 0.29) is 10.9 Å². The summed E-state index contributed by atoms with van der Waals surface area (Å²) >= 11 is 5.91. The Balaban J connectivity index is 2.08. The molecule has 0 unspecified atom stereocenters. The Morgan fingerprint density at radius 3 is 2.55 bits per heavy atom. The van der Waals surface area contributed by atoms with E-state index in [4.69, 9.17) is 11.6 Å². The third-order valence-electron chi connectivity index (χ3n) is 2.78. The molecule has 2 aromatic heterocycles. The molecular formula is C13H14ClN3O2S. The first-order chi connectivity index (χ1) is 9.48. The number of nitrogens with zero attached hydrogens (tertiary/aromatic N) is 2. The zero-order valence-corrected chi connectivity index (χ0v) is 12.4. The average Bonchev–Trinajstić information content (AvgIpc) is 2.42. The molecule has 7 heteroatoms. The van der Waals surface area contributed by atoms with Crippen molar-refractivity contribution in [2.24, 2.45) is 0 Å². The number of rotatable bonds is 5. The standard InChI is InChI=1S/C13H14ClN3O2S/c1-10-2-8-16-13(14)12(10)17-20(18,19)9-5-11-3-6-15-7-4-11/h2-4,6-8,17H,5,9H2,1H3. The van der Waals surface area contributed by atoms with Gasteiger partial charge in [-0.3, -0.25) is 9.71 Å². The van der Waals surface area contributed by atoms with Crippen LogP contribution in [0.15, 0.2) is 36.8 Å². The molecule has 0 saturated carbocycles. The van der Waals surface area contributed by atoms with Gasteiger partial charge in [0.2, 0.25) is 10.0 Å². The molecule has 0 radical (unpaired) electrons. The van der Waals surface area contributed by atoms with Crippen LogP contribution in [0.3, 0.4) is 0 Å². The van der Waals surface area contributed by atoms with Gasteiger partial charge in [-0.2, -0.15) is 0 Å². The van der Waals surface area contributed by atoms with Crippen LogP contribution < -0.4 is 4.72 Å². The van der Waals surface area contributed by atoms with E-state index in [9.17, 15) is 8.42 Å². The maximum atomic E-state index is 12.1. The molecule has 0 saturated heterocycles. The molecule has 0 aliphatic carbocycles. The first-order valence-corrected chi connectivity index (χ1v) is 8.01. The molecule has 20 heavy (non-hydrogen) atoms. The Morgan fingerprint density at radius 2 is 1.90 bits per heavy atom. The SMILES string of the molecule is Cc1ccnc(Cl)c1NS(=O)(=O)CCc1ccncc1. The highest BCUT2D eigenvalue weighted by Gasteiger charge is 2.15. The zero-order chi connectivity index (χ0) is 14.6. The van der Waals surface area contributed by atoms with Crippen LogP contribution in [0, 0.1) is 6.92 Å². The second-order valence-corrected chi connectivity index (χ2v) is 6.52. The van der Waals surface area contributed by atoms with Crippen molar-refractivity contribution in [3.8, 4) is 0 Å². The summed E-state index contributed by atoms with van der Waals surface area (Å²) in [6, 6.07) is 5.28. The van der Waals surface area contributed by atoms with Gasteiger partial charge in [-0.25, -0.2) is 13.4 Å². The Labute approximate surface area is 123 Å². The normalized spacial score (nSPS) is 11.3. The highest BCUT2D eigenvalue weighted by Crippen LogP contribution is 2.24. The van der Waals surface area contributed by atoms with Crippen LogP contribution in [0.25, 0.3) is 0 Å². The molecule has 2 heterocycles. The van der Waals surface area contributed by atoms with Gasteiger partial charge in [-0.15, -0.1) is 0 Å². The molecule has 0 fully saturated rings. The van der Waals surface area contributed by atoms with Crippen LogP contribution in [0.5, 0.6) is 0 Å². The molecule has 0 amide bonds. The van der Waals surface area contributed by atoms with E-state index >= 15 is 0 Å². The van der Waals surface area contributed by atoms with Crippen molar-refractivity contribution in [2.75, 3.05) is 10.5 Å². The molecule has 0 spiro atoms. The molecule has 0 aliphatic rings. The zero-order valence-electron chi connectivity index (χ0n) is 10.9. The fourth-order valence-corrected chi connectivity index (χ4v) is 3.14. The van der Waals surface area contributed by atoms with E-state index in [1.165, 1.54) is 6.20 Å². The maximum absolute atomic E-state index is 12.1. The molecular weight excluding hydrogens is 298 g/mol. The molecule has 0 bridgehead atoms. The van der Waals surface area contributed by atoms with Crippen molar-refractivity contribution in [2.45, 2.75) is 13.3 Å². The molecule has 2 rings (SSSR count). The summed E-state index contributed by atoms with van der Waals surface area (Å²) in [5.41, 5.74) is 1.99. The highest BCUT2D eigenvalue weighted by molar-refractivity contribution is 7.92. The molecule has 1 N–H and O–H groups in total. The number of hydrogen-bond donors (Lipinski definition) is 1. The van der Waals surface area contributed by atoms with Gasteiger partial charge in [-0.1, -0.05) is 11.6 Å². The minimum absolute atomic E-state index is 0.0261. The van der Waals surface area contributed by atoms with E-state index in [2.05, 4.69) is 14.7 Å². The van der Waals surface area contributed by atoms with Gasteiger partial charge in [0, 0.05) is 18.6 Å². The molecule has 106 valence electrons. The van der Waals surface area contributed by atoms with E-state index in [1.54, 1.807) is 37.5 Å². The van der Waals surface area contributed by atoms with Gasteiger partial charge in [0.05, 0.1) is 11.4 Å². The predicted molar refractivity (Wildman–Crippen MR) is 79.3 cm³/mol. The number of aromatic nitrogens is 2. The van der Waals surface area contributed by atoms with Gasteiger partial charge >= 0.3 is 0 Å². The quantitative estimate of drug-likeness (QED) is 0.861. The monoisotopic (exact) mass is 311 g/mol. The number of pyridine rings is 2. The van der Waals surface area contributed by atoms with E-state index in [0.717, 1.165) is 11.1 Å². The second kappa shape index (κ2) is 6.19. The van der Waals surface area contributed by atoms with Crippen LogP contribution in [0.1, 0.15) is 11.1 Å². The number of halogens is 1. The third-order valence-corrected chi connectivity index (χ3v) is 4.32. The Hall–Kier alpha value is -1.66. The lowest BCUT2D eigenvalue weighted by molar-refractivity contribution is 0.600. The van der Waals surface area contributed by atoms with E-state index in [0.29, 0.717) is 12.1 Å². The summed E-state index contributed by atoms with van der Waals surface area (Å²) in [5, 5.41) is 0.150. The first kappa shape index (κ1) is 14.7. The maximum Gasteiger partial charge on any atom is 0.233 e. The molecule has 0 atom stereocenters. The lowest BCUT2D eigenvalue weighted by atomic mass is 10.2. The largest absolute Gasteiger partial charge is 0.280 e. The van der Waals surface area contributed by atoms with Gasteiger partial charge < -0.3 is 0 Å². The number of hydrogen-bond acceptors (Lipinski definition) is 4. The van der Waals surface area contributed by atoms with Gasteiger partial charge in [0.25, 0.3) is 0 Å². The van der Waals surface area contributed by atoms with Gasteiger partial charge in [0.1, 0.15) is 0 Å². The van der Waals surface area contributed by atoms with E-state index in [1.807, 2.05) is 0 Å². The summed E-state index contributed by atoms with van der Waals surface area (Å²) in [5.74, 6) is -0.0261. The summed E-state index contributed by atoms with van der Waals surface area (Å²) in [7, 11) is -3.47. The van der Waals surface area contributed by atoms with Crippen molar-refractivity contribution in [3.63, 3.8) is 0 Å². The van der Waals surface area contributed by atoms with Crippen molar-refractivity contribution < 1.29 is 8.42 Å². The number of nitrogens with one attached hydrogen (secondary N) is 1. The molecule has 5 nitrogen and oxygen atoms in total. The van der Waals surface area contributed by atoms with Crippen LogP contribution in [0.2, 0.25) is 5.15 Å². The summed E-state index contributed by atoms with van der Waals surface area (Å²) in [6.45, 7) is 1.77. The van der Waals surface area contributed by atoms with Crippen LogP contribution in [0.4, 0.5) is 5.69 Å². The summed E-state index contributed by atoms with van der Waals surface area (Å²) in [4.78, 5) is 7.76. The fraction of sp³-hybridized carbons (Fsp3) is 0.231. The lowest BCUT2D eigenvalue weighted by Gasteiger charge is -2.11. The Bertz CT molecular complexity index is 670. The molecule has 0 aromatic carbocycles. The van der Waals surface area contributed by atoms with Crippen LogP contribution in [-0.4, -0.2) is 24.1 Å². The number of anilines is 1. The van der Waals surface area contributed by atoms with Crippen molar-refractivity contribution in [1.29, 1.82) is 0 Å². The number of aryl methyl sites for hydroxylation is 2. The highest BCUT2D eigenvalue weighted by atomic mass is 35.5. The minimum Gasteiger partial charge on any atom is -0.280 e. The topological polar surface area (TPSA) is 72.0 Å². The average molecular weight is 312 g/mol. The van der Waals surface area contributed by atoms with Crippen molar-refractivity contribution in [3.05, 3.63) is 53.1 Å². The smallest absolute Gasteiger partial charge is 0.233 e. The molecule has 2 aromatic rings. The number of sulfonamides is 1.